The minimum absolute atomic E-state index is 0.604. The highest BCUT2D eigenvalue weighted by atomic mass is 15.3. The molecule has 2 heterocycles. The van der Waals surface area contributed by atoms with Crippen LogP contribution < -0.4 is 10.2 Å². The fourth-order valence-electron chi connectivity index (χ4n) is 3.34. The van der Waals surface area contributed by atoms with Crippen molar-refractivity contribution in [2.45, 2.75) is 38.8 Å². The summed E-state index contributed by atoms with van der Waals surface area (Å²) in [6.07, 6.45) is 2.45. The van der Waals surface area contributed by atoms with Crippen molar-refractivity contribution in [3.05, 3.63) is 23.8 Å². The van der Waals surface area contributed by atoms with E-state index >= 15 is 0 Å². The van der Waals surface area contributed by atoms with E-state index in [1.54, 1.807) is 0 Å². The number of hydrogen-bond acceptors (Lipinski definition) is 3. The number of nitrogens with one attached hydrogen (secondary N) is 1. The van der Waals surface area contributed by atoms with E-state index in [1.807, 2.05) is 0 Å². The van der Waals surface area contributed by atoms with Gasteiger partial charge in [-0.1, -0.05) is 0 Å². The number of aryl methyl sites for hydroxylation is 1. The summed E-state index contributed by atoms with van der Waals surface area (Å²) in [6, 6.07) is 8.17. The van der Waals surface area contributed by atoms with Gasteiger partial charge < -0.3 is 15.1 Å². The Morgan fingerprint density at radius 3 is 2.84 bits per heavy atom. The molecule has 0 aromatic heterocycles. The van der Waals surface area contributed by atoms with E-state index in [1.165, 1.54) is 29.8 Å². The van der Waals surface area contributed by atoms with Gasteiger partial charge in [0.15, 0.2) is 0 Å². The highest BCUT2D eigenvalue weighted by molar-refractivity contribution is 5.62. The third kappa shape index (κ3) is 2.57. The molecule has 2 aliphatic rings. The molecule has 1 aromatic carbocycles. The van der Waals surface area contributed by atoms with Crippen LogP contribution in [0.5, 0.6) is 0 Å². The van der Waals surface area contributed by atoms with Crippen LogP contribution in [0.3, 0.4) is 0 Å². The van der Waals surface area contributed by atoms with Crippen molar-refractivity contribution in [3.63, 3.8) is 0 Å². The molecular weight excluding hydrogens is 234 g/mol. The van der Waals surface area contributed by atoms with Crippen molar-refractivity contribution in [2.75, 3.05) is 36.9 Å². The van der Waals surface area contributed by atoms with Crippen molar-refractivity contribution < 1.29 is 0 Å². The first-order valence-electron chi connectivity index (χ1n) is 7.48. The van der Waals surface area contributed by atoms with E-state index in [9.17, 15) is 0 Å². The molecule has 0 bridgehead atoms. The molecule has 2 aliphatic heterocycles. The molecule has 3 nitrogen and oxygen atoms in total. The summed E-state index contributed by atoms with van der Waals surface area (Å²) >= 11 is 0. The summed E-state index contributed by atoms with van der Waals surface area (Å²) in [5, 5.41) is 3.58. The predicted octanol–water partition coefficient (Wildman–Crippen LogP) is 2.57. The van der Waals surface area contributed by atoms with Crippen LogP contribution in [0.4, 0.5) is 11.4 Å². The number of hydrogen-bond donors (Lipinski definition) is 1. The number of rotatable bonds is 1. The van der Waals surface area contributed by atoms with Gasteiger partial charge in [0, 0.05) is 43.1 Å². The SMILES string of the molecule is CC1CCc2cc(N3CCN(C)CC3C)ccc2N1. The van der Waals surface area contributed by atoms with Gasteiger partial charge in [-0.05, 0) is 57.5 Å². The van der Waals surface area contributed by atoms with Crippen molar-refractivity contribution in [3.8, 4) is 0 Å². The summed E-state index contributed by atoms with van der Waals surface area (Å²) in [6.45, 7) is 8.05. The minimum atomic E-state index is 0.604. The second-order valence-electron chi connectivity index (χ2n) is 6.23. The Balaban J connectivity index is 1.82. The first-order chi connectivity index (χ1) is 9.13. The second kappa shape index (κ2) is 5.04. The van der Waals surface area contributed by atoms with E-state index in [-0.39, 0.29) is 0 Å². The van der Waals surface area contributed by atoms with E-state index in [0.717, 1.165) is 19.6 Å². The number of nitrogens with zero attached hydrogens (tertiary/aromatic N) is 2. The maximum Gasteiger partial charge on any atom is 0.0389 e. The molecule has 1 saturated heterocycles. The maximum absolute atomic E-state index is 3.58. The van der Waals surface area contributed by atoms with Crippen molar-refractivity contribution in [1.82, 2.24) is 4.90 Å². The molecule has 19 heavy (non-hydrogen) atoms. The van der Waals surface area contributed by atoms with Gasteiger partial charge in [0.25, 0.3) is 0 Å². The van der Waals surface area contributed by atoms with Gasteiger partial charge in [-0.15, -0.1) is 0 Å². The van der Waals surface area contributed by atoms with Crippen molar-refractivity contribution in [2.24, 2.45) is 0 Å². The molecule has 3 heteroatoms. The fraction of sp³-hybridized carbons (Fsp3) is 0.625. The lowest BCUT2D eigenvalue weighted by Crippen LogP contribution is -2.50. The van der Waals surface area contributed by atoms with Crippen LogP contribution in [0.15, 0.2) is 18.2 Å². The van der Waals surface area contributed by atoms with Crippen molar-refractivity contribution >= 4 is 11.4 Å². The van der Waals surface area contributed by atoms with Crippen LogP contribution in [-0.4, -0.2) is 43.7 Å². The summed E-state index contributed by atoms with van der Waals surface area (Å²) in [4.78, 5) is 4.97. The first-order valence-corrected chi connectivity index (χ1v) is 7.48. The Labute approximate surface area is 116 Å². The number of likely N-dealkylation sites (N-methyl/N-ethyl adjacent to an activating group) is 1. The van der Waals surface area contributed by atoms with Crippen LogP contribution in [-0.2, 0) is 6.42 Å². The third-order valence-corrected chi connectivity index (χ3v) is 4.50. The molecule has 2 atom stereocenters. The van der Waals surface area contributed by atoms with Gasteiger partial charge in [-0.25, -0.2) is 0 Å². The lowest BCUT2D eigenvalue weighted by atomic mass is 9.98. The number of benzene rings is 1. The average Bonchev–Trinajstić information content (AvgIpc) is 2.38. The van der Waals surface area contributed by atoms with E-state index in [0.29, 0.717) is 12.1 Å². The molecule has 1 N–H and O–H groups in total. The topological polar surface area (TPSA) is 18.5 Å². The van der Waals surface area contributed by atoms with Gasteiger partial charge in [0.2, 0.25) is 0 Å². The molecule has 0 radical (unpaired) electrons. The lowest BCUT2D eigenvalue weighted by molar-refractivity contribution is 0.275. The minimum Gasteiger partial charge on any atom is -0.382 e. The summed E-state index contributed by atoms with van der Waals surface area (Å²) < 4.78 is 0. The van der Waals surface area contributed by atoms with Crippen molar-refractivity contribution in [1.29, 1.82) is 0 Å². The van der Waals surface area contributed by atoms with Gasteiger partial charge in [-0.3, -0.25) is 0 Å². The summed E-state index contributed by atoms with van der Waals surface area (Å²) in [5.74, 6) is 0. The van der Waals surface area contributed by atoms with Crippen LogP contribution in [0, 0.1) is 0 Å². The molecule has 0 saturated carbocycles. The number of anilines is 2. The molecule has 0 amide bonds. The zero-order chi connectivity index (χ0) is 13.4. The summed E-state index contributed by atoms with van der Waals surface area (Å²) in [7, 11) is 2.21. The van der Waals surface area contributed by atoms with Gasteiger partial charge in [-0.2, -0.15) is 0 Å². The second-order valence-corrected chi connectivity index (χ2v) is 6.23. The standard InChI is InChI=1S/C16H25N3/c1-12-4-5-14-10-15(6-7-16(14)17-12)19-9-8-18(3)11-13(19)2/h6-7,10,12-13,17H,4-5,8-9,11H2,1-3H3. The van der Waals surface area contributed by atoms with Crippen LogP contribution in [0.2, 0.25) is 0 Å². The zero-order valence-corrected chi connectivity index (χ0v) is 12.3. The normalized spacial score (nSPS) is 27.8. The van der Waals surface area contributed by atoms with E-state index in [2.05, 4.69) is 54.2 Å². The molecule has 104 valence electrons. The van der Waals surface area contributed by atoms with Crippen LogP contribution in [0.1, 0.15) is 25.8 Å². The van der Waals surface area contributed by atoms with Gasteiger partial charge in [0.05, 0.1) is 0 Å². The Morgan fingerprint density at radius 2 is 2.05 bits per heavy atom. The quantitative estimate of drug-likeness (QED) is 0.836. The third-order valence-electron chi connectivity index (χ3n) is 4.50. The molecule has 0 spiro atoms. The molecule has 1 aromatic rings. The van der Waals surface area contributed by atoms with Gasteiger partial charge in [0.1, 0.15) is 0 Å². The Hall–Kier alpha value is -1.22. The van der Waals surface area contributed by atoms with Crippen LogP contribution in [0.25, 0.3) is 0 Å². The first kappa shape index (κ1) is 12.8. The van der Waals surface area contributed by atoms with E-state index < -0.39 is 0 Å². The van der Waals surface area contributed by atoms with Gasteiger partial charge >= 0.3 is 0 Å². The zero-order valence-electron chi connectivity index (χ0n) is 12.3. The molecule has 0 aliphatic carbocycles. The highest BCUT2D eigenvalue weighted by Crippen LogP contribution is 2.30. The Morgan fingerprint density at radius 1 is 1.21 bits per heavy atom. The van der Waals surface area contributed by atoms with Crippen LogP contribution >= 0.6 is 0 Å². The Bertz CT molecular complexity index is 457. The van der Waals surface area contributed by atoms with E-state index in [4.69, 9.17) is 0 Å². The fourth-order valence-corrected chi connectivity index (χ4v) is 3.34. The monoisotopic (exact) mass is 259 g/mol. The maximum atomic E-state index is 3.58. The number of piperazine rings is 1. The highest BCUT2D eigenvalue weighted by Gasteiger charge is 2.23. The Kier molecular flexibility index (Phi) is 3.40. The largest absolute Gasteiger partial charge is 0.382 e. The predicted molar refractivity (Wildman–Crippen MR) is 82.2 cm³/mol. The molecule has 1 fully saturated rings. The molecule has 3 rings (SSSR count). The molecular formula is C16H25N3. The molecule has 2 unspecified atom stereocenters. The lowest BCUT2D eigenvalue weighted by Gasteiger charge is -2.40. The average molecular weight is 259 g/mol. The number of fused-ring (bicyclic) bond motifs is 1. The smallest absolute Gasteiger partial charge is 0.0389 e. The summed E-state index contributed by atoms with van der Waals surface area (Å²) in [5.41, 5.74) is 4.22.